The van der Waals surface area contributed by atoms with E-state index in [1.54, 1.807) is 38.1 Å². The van der Waals surface area contributed by atoms with E-state index in [0.717, 1.165) is 4.31 Å². The fourth-order valence-corrected chi connectivity index (χ4v) is 7.73. The summed E-state index contributed by atoms with van der Waals surface area (Å²) in [6.07, 6.45) is 0. The lowest BCUT2D eigenvalue weighted by atomic mass is 10.0. The maximum absolute atomic E-state index is 13.9. The number of nitrogens with one attached hydrogen (secondary N) is 1. The molecule has 0 radical (unpaired) electrons. The standard InChI is InChI=1S/C26H23FN2O6S2/c1-26(2)23(25(31)32)29(11-12-36-26)37(33,34)16-8-10-21-19(14-16)17-9-7-15(13-22(17)35-21)28-24(30)18-5-3-4-6-20(18)27/h3-10,13-14,23H,11-12H2,1-2H3,(H,28,30)(H,31,32). The summed E-state index contributed by atoms with van der Waals surface area (Å²) in [5, 5.41) is 13.6. The van der Waals surface area contributed by atoms with E-state index >= 15 is 0 Å². The summed E-state index contributed by atoms with van der Waals surface area (Å²) in [6, 6.07) is 13.7. The number of anilines is 1. The number of carboxylic acid groups (broad SMARTS) is 1. The summed E-state index contributed by atoms with van der Waals surface area (Å²) in [5.74, 6) is -1.97. The second-order valence-electron chi connectivity index (χ2n) is 9.21. The molecule has 1 saturated heterocycles. The van der Waals surface area contributed by atoms with Crippen LogP contribution in [0.2, 0.25) is 0 Å². The van der Waals surface area contributed by atoms with Gasteiger partial charge in [-0.15, -0.1) is 0 Å². The molecule has 1 unspecified atom stereocenters. The predicted molar refractivity (Wildman–Crippen MR) is 140 cm³/mol. The van der Waals surface area contributed by atoms with Crippen LogP contribution in [0, 0.1) is 5.82 Å². The molecule has 192 valence electrons. The van der Waals surface area contributed by atoms with Gasteiger partial charge in [-0.3, -0.25) is 9.59 Å². The number of benzene rings is 3. The van der Waals surface area contributed by atoms with Gasteiger partial charge in [0.05, 0.1) is 10.5 Å². The number of nitrogens with zero attached hydrogens (tertiary/aromatic N) is 1. The number of carbonyl (C=O) groups excluding carboxylic acids is 1. The number of hydrogen-bond donors (Lipinski definition) is 2. The zero-order chi connectivity index (χ0) is 26.5. The zero-order valence-electron chi connectivity index (χ0n) is 19.9. The van der Waals surface area contributed by atoms with Gasteiger partial charge < -0.3 is 14.8 Å². The van der Waals surface area contributed by atoms with Crippen LogP contribution in [0.15, 0.2) is 70.0 Å². The van der Waals surface area contributed by atoms with Crippen molar-refractivity contribution in [2.24, 2.45) is 0 Å². The first kappa shape index (κ1) is 25.2. The van der Waals surface area contributed by atoms with E-state index in [1.165, 1.54) is 48.2 Å². The molecule has 2 N–H and O–H groups in total. The average molecular weight is 543 g/mol. The summed E-state index contributed by atoms with van der Waals surface area (Å²) < 4.78 is 47.2. The van der Waals surface area contributed by atoms with Crippen molar-refractivity contribution in [3.63, 3.8) is 0 Å². The van der Waals surface area contributed by atoms with Crippen LogP contribution in [-0.2, 0) is 14.8 Å². The highest BCUT2D eigenvalue weighted by atomic mass is 32.2. The molecule has 0 saturated carbocycles. The Hall–Kier alpha value is -3.41. The van der Waals surface area contributed by atoms with Crippen molar-refractivity contribution in [3.05, 3.63) is 72.0 Å². The normalized spacial score (nSPS) is 18.2. The minimum Gasteiger partial charge on any atom is -0.480 e. The first-order valence-corrected chi connectivity index (χ1v) is 13.8. The average Bonchev–Trinajstić information content (AvgIpc) is 3.20. The van der Waals surface area contributed by atoms with Crippen molar-refractivity contribution >= 4 is 61.3 Å². The summed E-state index contributed by atoms with van der Waals surface area (Å²) in [4.78, 5) is 24.5. The minimum atomic E-state index is -4.12. The highest BCUT2D eigenvalue weighted by Crippen LogP contribution is 2.39. The van der Waals surface area contributed by atoms with E-state index < -0.39 is 38.5 Å². The van der Waals surface area contributed by atoms with Crippen molar-refractivity contribution in [2.75, 3.05) is 17.6 Å². The molecule has 1 aliphatic rings. The van der Waals surface area contributed by atoms with Gasteiger partial charge in [0.15, 0.2) is 0 Å². The Morgan fingerprint density at radius 2 is 1.84 bits per heavy atom. The third kappa shape index (κ3) is 4.47. The zero-order valence-corrected chi connectivity index (χ0v) is 21.5. The number of furan rings is 1. The molecular weight excluding hydrogens is 519 g/mol. The molecule has 3 aromatic carbocycles. The number of amides is 1. The van der Waals surface area contributed by atoms with Gasteiger partial charge in [0.2, 0.25) is 10.0 Å². The Labute approximate surface area is 216 Å². The van der Waals surface area contributed by atoms with Gasteiger partial charge in [-0.1, -0.05) is 12.1 Å². The molecule has 1 aliphatic heterocycles. The molecule has 1 atom stereocenters. The largest absolute Gasteiger partial charge is 0.480 e. The summed E-state index contributed by atoms with van der Waals surface area (Å²) in [5.41, 5.74) is 1.11. The number of halogens is 1. The van der Waals surface area contributed by atoms with E-state index in [0.29, 0.717) is 33.4 Å². The smallest absolute Gasteiger partial charge is 0.323 e. The first-order valence-electron chi connectivity index (χ1n) is 11.4. The van der Waals surface area contributed by atoms with E-state index in [-0.39, 0.29) is 17.0 Å². The lowest BCUT2D eigenvalue weighted by molar-refractivity contribution is -0.142. The van der Waals surface area contributed by atoms with Gasteiger partial charge in [-0.25, -0.2) is 12.8 Å². The molecule has 5 rings (SSSR count). The van der Waals surface area contributed by atoms with Crippen LogP contribution in [0.3, 0.4) is 0 Å². The van der Waals surface area contributed by atoms with Gasteiger partial charge in [-0.2, -0.15) is 16.1 Å². The van der Waals surface area contributed by atoms with Crippen LogP contribution in [0.25, 0.3) is 21.9 Å². The van der Waals surface area contributed by atoms with Crippen molar-refractivity contribution in [1.29, 1.82) is 0 Å². The maximum Gasteiger partial charge on any atom is 0.323 e. The number of rotatable bonds is 5. The molecule has 4 aromatic rings. The van der Waals surface area contributed by atoms with Gasteiger partial charge in [-0.05, 0) is 56.3 Å². The Morgan fingerprint density at radius 1 is 1.08 bits per heavy atom. The number of aliphatic carboxylic acids is 1. The summed E-state index contributed by atoms with van der Waals surface area (Å²) in [6.45, 7) is 3.55. The van der Waals surface area contributed by atoms with Crippen LogP contribution in [0.4, 0.5) is 10.1 Å². The highest BCUT2D eigenvalue weighted by Gasteiger charge is 2.48. The fourth-order valence-electron chi connectivity index (χ4n) is 4.61. The highest BCUT2D eigenvalue weighted by molar-refractivity contribution is 8.00. The predicted octanol–water partition coefficient (Wildman–Crippen LogP) is 4.95. The summed E-state index contributed by atoms with van der Waals surface area (Å²) in [7, 11) is -4.12. The van der Waals surface area contributed by atoms with Crippen LogP contribution in [-0.4, -0.2) is 52.8 Å². The Kier molecular flexibility index (Phi) is 6.25. The van der Waals surface area contributed by atoms with Crippen molar-refractivity contribution in [2.45, 2.75) is 29.5 Å². The molecule has 37 heavy (non-hydrogen) atoms. The molecular formula is C26H23FN2O6S2. The number of carboxylic acids is 1. The van der Waals surface area contributed by atoms with Crippen LogP contribution in [0.5, 0.6) is 0 Å². The van der Waals surface area contributed by atoms with Gasteiger partial charge in [0.25, 0.3) is 5.91 Å². The van der Waals surface area contributed by atoms with Gasteiger partial charge in [0, 0.05) is 39.6 Å². The molecule has 2 heterocycles. The SMILES string of the molecule is CC1(C)SCCN(S(=O)(=O)c2ccc3oc4cc(NC(=O)c5ccccc5F)ccc4c3c2)C1C(=O)O. The van der Waals surface area contributed by atoms with Gasteiger partial charge >= 0.3 is 5.97 Å². The van der Waals surface area contributed by atoms with E-state index in [4.69, 9.17) is 4.42 Å². The lowest BCUT2D eigenvalue weighted by Crippen LogP contribution is -2.58. The van der Waals surface area contributed by atoms with E-state index in [1.807, 2.05) is 0 Å². The van der Waals surface area contributed by atoms with Crippen molar-refractivity contribution < 1.29 is 31.9 Å². The molecule has 8 nitrogen and oxygen atoms in total. The first-order chi connectivity index (χ1) is 17.5. The lowest BCUT2D eigenvalue weighted by Gasteiger charge is -2.42. The third-order valence-corrected chi connectivity index (χ3v) is 9.61. The Morgan fingerprint density at radius 3 is 2.57 bits per heavy atom. The van der Waals surface area contributed by atoms with E-state index in [2.05, 4.69) is 5.32 Å². The second-order valence-corrected chi connectivity index (χ2v) is 12.9. The van der Waals surface area contributed by atoms with Gasteiger partial charge in [0.1, 0.15) is 23.0 Å². The Balaban J connectivity index is 1.50. The molecule has 0 spiro atoms. The number of thioether (sulfide) groups is 1. The van der Waals surface area contributed by atoms with Crippen LogP contribution >= 0.6 is 11.8 Å². The second kappa shape index (κ2) is 9.16. The summed E-state index contributed by atoms with van der Waals surface area (Å²) >= 11 is 1.43. The number of hydrogen-bond acceptors (Lipinski definition) is 6. The third-order valence-electron chi connectivity index (χ3n) is 6.39. The minimum absolute atomic E-state index is 0.0337. The quantitative estimate of drug-likeness (QED) is 0.367. The van der Waals surface area contributed by atoms with Crippen molar-refractivity contribution in [1.82, 2.24) is 4.31 Å². The van der Waals surface area contributed by atoms with Crippen LogP contribution in [0.1, 0.15) is 24.2 Å². The van der Waals surface area contributed by atoms with Crippen molar-refractivity contribution in [3.8, 4) is 0 Å². The molecule has 0 aliphatic carbocycles. The molecule has 1 fully saturated rings. The maximum atomic E-state index is 13.9. The molecule has 1 amide bonds. The Bertz CT molecular complexity index is 1660. The fraction of sp³-hybridized carbons (Fsp3) is 0.231. The monoisotopic (exact) mass is 542 g/mol. The number of fused-ring (bicyclic) bond motifs is 3. The number of carbonyl (C=O) groups is 2. The molecule has 0 bridgehead atoms. The van der Waals surface area contributed by atoms with Crippen LogP contribution < -0.4 is 5.32 Å². The topological polar surface area (TPSA) is 117 Å². The molecule has 11 heteroatoms. The molecule has 1 aromatic heterocycles. The van der Waals surface area contributed by atoms with E-state index in [9.17, 15) is 27.5 Å². The number of sulfonamides is 1.